The Morgan fingerprint density at radius 3 is 2.57 bits per heavy atom. The van der Waals surface area contributed by atoms with Crippen molar-refractivity contribution < 1.29 is 23.5 Å². The third kappa shape index (κ3) is 3.63. The zero-order chi connectivity index (χ0) is 15.6. The number of rotatable bonds is 4. The third-order valence-electron chi connectivity index (χ3n) is 2.69. The number of hydrogen-bond acceptors (Lipinski definition) is 3. The van der Waals surface area contributed by atoms with Gasteiger partial charge in [0.25, 0.3) is 0 Å². The van der Waals surface area contributed by atoms with Crippen LogP contribution in [-0.4, -0.2) is 17.0 Å². The van der Waals surface area contributed by atoms with Crippen molar-refractivity contribution in [3.63, 3.8) is 0 Å². The number of thiophene rings is 1. The van der Waals surface area contributed by atoms with E-state index in [1.54, 1.807) is 6.92 Å². The molecule has 0 aliphatic rings. The van der Waals surface area contributed by atoms with Gasteiger partial charge in [0, 0.05) is 4.88 Å². The molecule has 0 radical (unpaired) electrons. The molecular formula is C14H11F2NO3S. The fourth-order valence-corrected chi connectivity index (χ4v) is 2.69. The molecule has 21 heavy (non-hydrogen) atoms. The normalized spacial score (nSPS) is 10.4. The van der Waals surface area contributed by atoms with Crippen molar-refractivity contribution in [1.82, 2.24) is 0 Å². The van der Waals surface area contributed by atoms with Gasteiger partial charge >= 0.3 is 5.97 Å². The number of carbonyl (C=O) groups is 2. The van der Waals surface area contributed by atoms with Crippen LogP contribution in [-0.2, 0) is 11.2 Å². The van der Waals surface area contributed by atoms with Gasteiger partial charge in [-0.2, -0.15) is 0 Å². The predicted molar refractivity (Wildman–Crippen MR) is 74.7 cm³/mol. The lowest BCUT2D eigenvalue weighted by molar-refractivity contribution is -0.115. The molecule has 4 nitrogen and oxygen atoms in total. The van der Waals surface area contributed by atoms with Crippen LogP contribution in [0.3, 0.4) is 0 Å². The Hall–Kier alpha value is -2.28. The van der Waals surface area contributed by atoms with Gasteiger partial charge in [-0.3, -0.25) is 4.79 Å². The van der Waals surface area contributed by atoms with E-state index in [1.807, 2.05) is 0 Å². The average molecular weight is 311 g/mol. The van der Waals surface area contributed by atoms with Gasteiger partial charge in [0.15, 0.2) is 11.6 Å². The number of hydrogen-bond donors (Lipinski definition) is 2. The molecule has 0 aliphatic heterocycles. The minimum atomic E-state index is -1.14. The molecule has 110 valence electrons. The largest absolute Gasteiger partial charge is 0.478 e. The number of benzene rings is 1. The first-order valence-electron chi connectivity index (χ1n) is 5.94. The molecule has 2 aromatic rings. The molecule has 0 bridgehead atoms. The molecular weight excluding hydrogens is 300 g/mol. The van der Waals surface area contributed by atoms with E-state index in [-0.39, 0.29) is 17.0 Å². The molecule has 1 amide bonds. The second kappa shape index (κ2) is 6.01. The summed E-state index contributed by atoms with van der Waals surface area (Å²) in [4.78, 5) is 23.6. The van der Waals surface area contributed by atoms with Crippen LogP contribution in [0.2, 0.25) is 0 Å². The summed E-state index contributed by atoms with van der Waals surface area (Å²) < 4.78 is 25.8. The minimum Gasteiger partial charge on any atom is -0.478 e. The Morgan fingerprint density at radius 2 is 1.95 bits per heavy atom. The van der Waals surface area contributed by atoms with E-state index in [1.165, 1.54) is 12.1 Å². The summed E-state index contributed by atoms with van der Waals surface area (Å²) >= 11 is 1.14. The molecule has 2 N–H and O–H groups in total. The molecule has 1 aromatic carbocycles. The van der Waals surface area contributed by atoms with E-state index in [9.17, 15) is 18.4 Å². The van der Waals surface area contributed by atoms with Crippen LogP contribution in [0, 0.1) is 18.6 Å². The number of amides is 1. The Kier molecular flexibility index (Phi) is 4.32. The molecule has 0 fully saturated rings. The second-order valence-electron chi connectivity index (χ2n) is 4.38. The van der Waals surface area contributed by atoms with Gasteiger partial charge in [0.05, 0.1) is 12.0 Å². The highest BCUT2D eigenvalue weighted by Crippen LogP contribution is 2.27. The number of carboxylic acids is 1. The first kappa shape index (κ1) is 15.1. The maximum Gasteiger partial charge on any atom is 0.338 e. The van der Waals surface area contributed by atoms with E-state index in [0.29, 0.717) is 5.56 Å². The van der Waals surface area contributed by atoms with E-state index >= 15 is 0 Å². The molecule has 1 aromatic heterocycles. The first-order chi connectivity index (χ1) is 9.86. The first-order valence-corrected chi connectivity index (χ1v) is 6.76. The van der Waals surface area contributed by atoms with E-state index < -0.39 is 23.5 Å². The molecule has 0 spiro atoms. The van der Waals surface area contributed by atoms with Crippen molar-refractivity contribution in [3.05, 3.63) is 51.9 Å². The number of anilines is 1. The van der Waals surface area contributed by atoms with Crippen LogP contribution in [0.25, 0.3) is 0 Å². The highest BCUT2D eigenvalue weighted by atomic mass is 32.1. The van der Waals surface area contributed by atoms with Crippen LogP contribution < -0.4 is 5.32 Å². The fraction of sp³-hybridized carbons (Fsp3) is 0.143. The van der Waals surface area contributed by atoms with Crippen molar-refractivity contribution in [2.24, 2.45) is 0 Å². The maximum atomic E-state index is 13.0. The average Bonchev–Trinajstić information content (AvgIpc) is 2.75. The van der Waals surface area contributed by atoms with Crippen molar-refractivity contribution in [3.8, 4) is 0 Å². The maximum absolute atomic E-state index is 13.0. The third-order valence-corrected chi connectivity index (χ3v) is 3.65. The molecule has 0 saturated carbocycles. The Morgan fingerprint density at radius 1 is 1.24 bits per heavy atom. The van der Waals surface area contributed by atoms with Crippen molar-refractivity contribution in [2.45, 2.75) is 13.3 Å². The topological polar surface area (TPSA) is 66.4 Å². The predicted octanol–water partition coefficient (Wildman–Crippen LogP) is 3.21. The quantitative estimate of drug-likeness (QED) is 0.911. The van der Waals surface area contributed by atoms with Crippen LogP contribution >= 0.6 is 11.3 Å². The zero-order valence-corrected chi connectivity index (χ0v) is 11.8. The van der Waals surface area contributed by atoms with Gasteiger partial charge in [0.2, 0.25) is 5.91 Å². The number of aromatic carboxylic acids is 1. The van der Waals surface area contributed by atoms with Gasteiger partial charge in [-0.1, -0.05) is 6.07 Å². The fourth-order valence-electron chi connectivity index (χ4n) is 1.77. The summed E-state index contributed by atoms with van der Waals surface area (Å²) in [5, 5.41) is 11.7. The standard InChI is InChI=1S/C14H11F2NO3S/c1-7-4-9(14(19)20)13(21-7)17-12(18)6-8-2-3-10(15)11(16)5-8/h2-5H,6H2,1H3,(H,17,18)(H,19,20). The van der Waals surface area contributed by atoms with Crippen molar-refractivity contribution in [1.29, 1.82) is 0 Å². The van der Waals surface area contributed by atoms with E-state index in [0.717, 1.165) is 28.3 Å². The molecule has 1 heterocycles. The van der Waals surface area contributed by atoms with Gasteiger partial charge in [-0.15, -0.1) is 11.3 Å². The van der Waals surface area contributed by atoms with Gasteiger partial charge in [-0.05, 0) is 30.7 Å². The zero-order valence-electron chi connectivity index (χ0n) is 10.9. The van der Waals surface area contributed by atoms with Gasteiger partial charge < -0.3 is 10.4 Å². The van der Waals surface area contributed by atoms with Gasteiger partial charge in [0.1, 0.15) is 5.00 Å². The summed E-state index contributed by atoms with van der Waals surface area (Å²) in [7, 11) is 0. The second-order valence-corrected chi connectivity index (χ2v) is 5.63. The number of carbonyl (C=O) groups excluding carboxylic acids is 1. The highest BCUT2D eigenvalue weighted by Gasteiger charge is 2.16. The van der Waals surface area contributed by atoms with E-state index in [4.69, 9.17) is 5.11 Å². The number of carboxylic acid groups (broad SMARTS) is 1. The number of nitrogens with one attached hydrogen (secondary N) is 1. The van der Waals surface area contributed by atoms with Crippen molar-refractivity contribution >= 4 is 28.2 Å². The van der Waals surface area contributed by atoms with E-state index in [2.05, 4.69) is 5.32 Å². The smallest absolute Gasteiger partial charge is 0.338 e. The van der Waals surface area contributed by atoms with Crippen LogP contribution in [0.15, 0.2) is 24.3 Å². The lowest BCUT2D eigenvalue weighted by Crippen LogP contribution is -2.15. The molecule has 0 aliphatic carbocycles. The summed E-state index contributed by atoms with van der Waals surface area (Å²) in [6, 6.07) is 4.64. The monoisotopic (exact) mass is 311 g/mol. The minimum absolute atomic E-state index is 0.0103. The van der Waals surface area contributed by atoms with Crippen LogP contribution in [0.4, 0.5) is 13.8 Å². The Labute approximate surface area is 123 Å². The number of aryl methyl sites for hydroxylation is 1. The molecule has 2 rings (SSSR count). The molecule has 7 heteroatoms. The highest BCUT2D eigenvalue weighted by molar-refractivity contribution is 7.16. The van der Waals surface area contributed by atoms with Crippen molar-refractivity contribution in [2.75, 3.05) is 5.32 Å². The lowest BCUT2D eigenvalue weighted by atomic mass is 10.1. The lowest BCUT2D eigenvalue weighted by Gasteiger charge is -2.05. The molecule has 0 atom stereocenters. The van der Waals surface area contributed by atoms with Crippen LogP contribution in [0.1, 0.15) is 20.8 Å². The number of halogens is 2. The summed E-state index contributed by atoms with van der Waals surface area (Å²) in [6.07, 6.45) is -0.173. The Bertz CT molecular complexity index is 712. The summed E-state index contributed by atoms with van der Waals surface area (Å²) in [5.74, 6) is -3.65. The molecule has 0 saturated heterocycles. The summed E-state index contributed by atoms with van der Waals surface area (Å²) in [6.45, 7) is 1.72. The van der Waals surface area contributed by atoms with Gasteiger partial charge in [-0.25, -0.2) is 13.6 Å². The SMILES string of the molecule is Cc1cc(C(=O)O)c(NC(=O)Cc2ccc(F)c(F)c2)s1. The Balaban J connectivity index is 2.11. The molecule has 0 unspecified atom stereocenters. The summed E-state index contributed by atoms with van der Waals surface area (Å²) in [5.41, 5.74) is 0.313. The van der Waals surface area contributed by atoms with Crippen LogP contribution in [0.5, 0.6) is 0 Å².